The number of ether oxygens (including phenoxy) is 1. The Morgan fingerprint density at radius 2 is 1.74 bits per heavy atom. The van der Waals surface area contributed by atoms with E-state index in [4.69, 9.17) is 9.84 Å². The summed E-state index contributed by atoms with van der Waals surface area (Å²) in [4.78, 5) is 11.8. The third-order valence-electron chi connectivity index (χ3n) is 3.21. The molecule has 0 spiro atoms. The second-order valence-corrected chi connectivity index (χ2v) is 5.92. The molecule has 0 aliphatic heterocycles. The molecule has 2 rings (SSSR count). The Kier molecular flexibility index (Phi) is 5.60. The summed E-state index contributed by atoms with van der Waals surface area (Å²) in [6.45, 7) is 3.83. The van der Waals surface area contributed by atoms with Crippen molar-refractivity contribution in [2.45, 2.75) is 26.0 Å². The van der Waals surface area contributed by atoms with E-state index in [0.717, 1.165) is 11.3 Å². The smallest absolute Gasteiger partial charge is 0.319 e. The van der Waals surface area contributed by atoms with Gasteiger partial charge in [-0.2, -0.15) is 0 Å². The van der Waals surface area contributed by atoms with Crippen molar-refractivity contribution in [3.63, 3.8) is 0 Å². The van der Waals surface area contributed by atoms with E-state index in [1.165, 1.54) is 0 Å². The molecule has 3 N–H and O–H groups in total. The molecular weight excluding hydrogens is 292 g/mol. The number of carbonyl (C=O) groups is 1. The molecule has 0 radical (unpaired) electrons. The Hall–Kier alpha value is -2.53. The van der Waals surface area contributed by atoms with Crippen LogP contribution in [0.4, 0.5) is 10.5 Å². The van der Waals surface area contributed by atoms with Crippen LogP contribution in [0.25, 0.3) is 0 Å². The summed E-state index contributed by atoms with van der Waals surface area (Å²) in [6.07, 6.45) is 0. The average molecular weight is 314 g/mol. The molecule has 0 unspecified atom stereocenters. The topological polar surface area (TPSA) is 70.6 Å². The monoisotopic (exact) mass is 314 g/mol. The van der Waals surface area contributed by atoms with Gasteiger partial charge < -0.3 is 20.5 Å². The summed E-state index contributed by atoms with van der Waals surface area (Å²) in [5.74, 6) is 0.820. The van der Waals surface area contributed by atoms with E-state index < -0.39 is 5.54 Å². The number of carbonyl (C=O) groups excluding carboxylic acids is 1. The zero-order chi connectivity index (χ0) is 16.7. The van der Waals surface area contributed by atoms with Gasteiger partial charge in [0.1, 0.15) is 12.4 Å². The summed E-state index contributed by atoms with van der Waals surface area (Å²) < 4.78 is 5.67. The van der Waals surface area contributed by atoms with Crippen molar-refractivity contribution in [1.29, 1.82) is 0 Å². The van der Waals surface area contributed by atoms with Gasteiger partial charge in [-0.05, 0) is 43.7 Å². The number of amides is 2. The van der Waals surface area contributed by atoms with E-state index in [9.17, 15) is 4.79 Å². The van der Waals surface area contributed by atoms with Gasteiger partial charge in [0.15, 0.2) is 0 Å². The maximum atomic E-state index is 11.8. The molecule has 0 aliphatic carbocycles. The largest absolute Gasteiger partial charge is 0.489 e. The molecule has 0 saturated carbocycles. The average Bonchev–Trinajstić information content (AvgIpc) is 2.54. The maximum absolute atomic E-state index is 11.8. The van der Waals surface area contributed by atoms with Gasteiger partial charge in [0.05, 0.1) is 12.1 Å². The zero-order valence-corrected chi connectivity index (χ0v) is 13.4. The van der Waals surface area contributed by atoms with E-state index in [1.807, 2.05) is 54.6 Å². The standard InChI is InChI=1S/C18H22N2O3/c1-18(2,13-21)20-17(22)19-15-10-8-14(9-11-15)12-23-16-6-4-3-5-7-16/h3-11,21H,12-13H2,1-2H3,(H2,19,20,22). The fraction of sp³-hybridized carbons (Fsp3) is 0.278. The van der Waals surface area contributed by atoms with Gasteiger partial charge in [0, 0.05) is 5.69 Å². The minimum atomic E-state index is -0.659. The number of hydrogen-bond acceptors (Lipinski definition) is 3. The highest BCUT2D eigenvalue weighted by molar-refractivity contribution is 5.89. The minimum absolute atomic E-state index is 0.129. The van der Waals surface area contributed by atoms with E-state index in [1.54, 1.807) is 13.8 Å². The van der Waals surface area contributed by atoms with E-state index in [2.05, 4.69) is 10.6 Å². The number of nitrogens with one attached hydrogen (secondary N) is 2. The van der Waals surface area contributed by atoms with Crippen molar-refractivity contribution >= 4 is 11.7 Å². The van der Waals surface area contributed by atoms with Gasteiger partial charge in [-0.15, -0.1) is 0 Å². The van der Waals surface area contributed by atoms with Gasteiger partial charge in [0.25, 0.3) is 0 Å². The second kappa shape index (κ2) is 7.65. The van der Waals surface area contributed by atoms with Crippen molar-refractivity contribution in [2.24, 2.45) is 0 Å². The van der Waals surface area contributed by atoms with Gasteiger partial charge in [-0.25, -0.2) is 4.79 Å². The summed E-state index contributed by atoms with van der Waals surface area (Å²) in [5.41, 5.74) is 1.03. The Morgan fingerprint density at radius 1 is 1.09 bits per heavy atom. The number of benzene rings is 2. The van der Waals surface area contributed by atoms with Crippen molar-refractivity contribution in [3.8, 4) is 5.75 Å². The molecule has 5 heteroatoms. The lowest BCUT2D eigenvalue weighted by atomic mass is 10.1. The molecule has 23 heavy (non-hydrogen) atoms. The van der Waals surface area contributed by atoms with Crippen LogP contribution in [0.5, 0.6) is 5.75 Å². The minimum Gasteiger partial charge on any atom is -0.489 e. The zero-order valence-electron chi connectivity index (χ0n) is 13.4. The second-order valence-electron chi connectivity index (χ2n) is 5.92. The molecular formula is C18H22N2O3. The highest BCUT2D eigenvalue weighted by Gasteiger charge is 2.18. The number of aliphatic hydroxyl groups is 1. The van der Waals surface area contributed by atoms with Crippen LogP contribution in [0.1, 0.15) is 19.4 Å². The van der Waals surface area contributed by atoms with Crippen molar-refractivity contribution in [2.75, 3.05) is 11.9 Å². The third kappa shape index (κ3) is 5.64. The predicted octanol–water partition coefficient (Wildman–Crippen LogP) is 3.16. The summed E-state index contributed by atoms with van der Waals surface area (Å²) >= 11 is 0. The van der Waals surface area contributed by atoms with Gasteiger partial charge in [-0.1, -0.05) is 30.3 Å². The third-order valence-corrected chi connectivity index (χ3v) is 3.21. The number of urea groups is 1. The molecule has 5 nitrogen and oxygen atoms in total. The quantitative estimate of drug-likeness (QED) is 0.767. The first-order valence-corrected chi connectivity index (χ1v) is 7.45. The first kappa shape index (κ1) is 16.8. The fourth-order valence-corrected chi connectivity index (χ4v) is 1.88. The lowest BCUT2D eigenvalue weighted by molar-refractivity contribution is 0.187. The molecule has 0 bridgehead atoms. The lowest BCUT2D eigenvalue weighted by Crippen LogP contribution is -2.48. The van der Waals surface area contributed by atoms with Crippen molar-refractivity contribution in [1.82, 2.24) is 5.32 Å². The Morgan fingerprint density at radius 3 is 2.35 bits per heavy atom. The number of para-hydroxylation sites is 1. The van der Waals surface area contributed by atoms with Gasteiger partial charge in [0.2, 0.25) is 0 Å². The Labute approximate surface area is 136 Å². The summed E-state index contributed by atoms with van der Waals surface area (Å²) in [5, 5.41) is 14.6. The Balaban J connectivity index is 1.86. The summed E-state index contributed by atoms with van der Waals surface area (Å²) in [6, 6.07) is 16.7. The normalized spacial score (nSPS) is 10.9. The molecule has 0 saturated heterocycles. The Bertz CT molecular complexity index is 624. The predicted molar refractivity (Wildman–Crippen MR) is 90.5 cm³/mol. The molecule has 2 aromatic carbocycles. The SMILES string of the molecule is CC(C)(CO)NC(=O)Nc1ccc(COc2ccccc2)cc1. The van der Waals surface area contributed by atoms with Crippen LogP contribution in [-0.4, -0.2) is 23.3 Å². The van der Waals surface area contributed by atoms with Crippen LogP contribution in [0.3, 0.4) is 0 Å². The van der Waals surface area contributed by atoms with Crippen LogP contribution in [-0.2, 0) is 6.61 Å². The van der Waals surface area contributed by atoms with Crippen LogP contribution >= 0.6 is 0 Å². The molecule has 0 aromatic heterocycles. The maximum Gasteiger partial charge on any atom is 0.319 e. The highest BCUT2D eigenvalue weighted by atomic mass is 16.5. The molecule has 122 valence electrons. The lowest BCUT2D eigenvalue weighted by Gasteiger charge is -2.23. The number of hydrogen-bond donors (Lipinski definition) is 3. The number of rotatable bonds is 6. The molecule has 2 aromatic rings. The van der Waals surface area contributed by atoms with E-state index in [-0.39, 0.29) is 12.6 Å². The molecule has 2 amide bonds. The molecule has 0 heterocycles. The van der Waals surface area contributed by atoms with Crippen LogP contribution in [0, 0.1) is 0 Å². The first-order valence-electron chi connectivity index (χ1n) is 7.45. The molecule has 0 aliphatic rings. The fourth-order valence-electron chi connectivity index (χ4n) is 1.88. The van der Waals surface area contributed by atoms with Gasteiger partial charge >= 0.3 is 6.03 Å². The summed E-state index contributed by atoms with van der Waals surface area (Å²) in [7, 11) is 0. The van der Waals surface area contributed by atoms with Crippen LogP contribution in [0.15, 0.2) is 54.6 Å². The van der Waals surface area contributed by atoms with E-state index in [0.29, 0.717) is 12.3 Å². The highest BCUT2D eigenvalue weighted by Crippen LogP contribution is 2.14. The molecule has 0 atom stereocenters. The number of anilines is 1. The number of aliphatic hydroxyl groups excluding tert-OH is 1. The first-order chi connectivity index (χ1) is 11.0. The van der Waals surface area contributed by atoms with Crippen molar-refractivity contribution < 1.29 is 14.6 Å². The molecule has 0 fully saturated rings. The van der Waals surface area contributed by atoms with E-state index >= 15 is 0 Å². The van der Waals surface area contributed by atoms with Crippen LogP contribution in [0.2, 0.25) is 0 Å². The van der Waals surface area contributed by atoms with Crippen LogP contribution < -0.4 is 15.4 Å². The van der Waals surface area contributed by atoms with Crippen molar-refractivity contribution in [3.05, 3.63) is 60.2 Å². The van der Waals surface area contributed by atoms with Gasteiger partial charge in [-0.3, -0.25) is 0 Å².